The molecule has 1 saturated heterocycles. The number of hydrogen-bond acceptors (Lipinski definition) is 4. The summed E-state index contributed by atoms with van der Waals surface area (Å²) in [6.45, 7) is 0.582. The average molecular weight is 362 g/mol. The zero-order chi connectivity index (χ0) is 16.9. The molecule has 1 heterocycles. The third-order valence-corrected chi connectivity index (χ3v) is 3.42. The van der Waals surface area contributed by atoms with E-state index in [0.29, 0.717) is 19.4 Å². The summed E-state index contributed by atoms with van der Waals surface area (Å²) < 4.78 is 35.8. The van der Waals surface area contributed by atoms with E-state index < -0.39 is 42.6 Å². The van der Waals surface area contributed by atoms with Gasteiger partial charge in [-0.15, -0.1) is 12.4 Å². The first-order valence-corrected chi connectivity index (χ1v) is 6.72. The van der Waals surface area contributed by atoms with Crippen molar-refractivity contribution in [3.63, 3.8) is 0 Å². The molecule has 0 spiro atoms. The van der Waals surface area contributed by atoms with Gasteiger partial charge in [-0.2, -0.15) is 13.2 Å². The molecule has 1 aliphatic heterocycles. The van der Waals surface area contributed by atoms with Gasteiger partial charge in [-0.1, -0.05) is 0 Å². The molecule has 0 aromatic rings. The number of nitrogens with zero attached hydrogens (tertiary/aromatic N) is 1. The van der Waals surface area contributed by atoms with Crippen molar-refractivity contribution in [3.8, 4) is 0 Å². The Morgan fingerprint density at radius 3 is 2.48 bits per heavy atom. The molecule has 3 amide bonds. The van der Waals surface area contributed by atoms with Gasteiger partial charge in [-0.25, -0.2) is 4.79 Å². The number of carbonyl (C=O) groups excluding carboxylic acids is 2. The van der Waals surface area contributed by atoms with E-state index in [0.717, 1.165) is 0 Å². The van der Waals surface area contributed by atoms with Crippen LogP contribution in [0, 0.1) is 5.92 Å². The van der Waals surface area contributed by atoms with E-state index in [2.05, 4.69) is 0 Å². The molecule has 1 rings (SSSR count). The van der Waals surface area contributed by atoms with Gasteiger partial charge in [0.2, 0.25) is 5.91 Å². The summed E-state index contributed by atoms with van der Waals surface area (Å²) in [5.41, 5.74) is 0. The third kappa shape index (κ3) is 7.51. The van der Waals surface area contributed by atoms with Crippen LogP contribution in [-0.2, 0) is 9.59 Å². The first-order valence-electron chi connectivity index (χ1n) is 6.72. The number of likely N-dealkylation sites (tertiary alicyclic amines) is 1. The van der Waals surface area contributed by atoms with E-state index in [1.807, 2.05) is 5.32 Å². The molecule has 0 saturated carbocycles. The minimum Gasteiger partial charge on any atom is -0.481 e. The van der Waals surface area contributed by atoms with Gasteiger partial charge in [0.15, 0.2) is 0 Å². The number of amides is 3. The van der Waals surface area contributed by atoms with E-state index in [4.69, 9.17) is 5.11 Å². The van der Waals surface area contributed by atoms with Crippen LogP contribution in [0.4, 0.5) is 18.0 Å². The van der Waals surface area contributed by atoms with E-state index in [1.165, 1.54) is 12.2 Å². The number of imide groups is 1. The largest absolute Gasteiger partial charge is 0.481 e. The molecule has 0 radical (unpaired) electrons. The Hall–Kier alpha value is -1.55. The topological polar surface area (TPSA) is 98.7 Å². The Balaban J connectivity index is 0.00000484. The fraction of sp³-hybridized carbons (Fsp3) is 0.750. The van der Waals surface area contributed by atoms with Crippen molar-refractivity contribution in [3.05, 3.63) is 0 Å². The lowest BCUT2D eigenvalue weighted by Gasteiger charge is -2.34. The molecule has 0 aromatic heterocycles. The fourth-order valence-corrected chi connectivity index (χ4v) is 2.17. The summed E-state index contributed by atoms with van der Waals surface area (Å²) >= 11 is 0. The summed E-state index contributed by atoms with van der Waals surface area (Å²) in [5, 5.41) is 12.3. The van der Waals surface area contributed by atoms with Crippen molar-refractivity contribution < 1.29 is 32.7 Å². The maximum Gasteiger partial charge on any atom is 0.405 e. The molecule has 2 unspecified atom stereocenters. The highest BCUT2D eigenvalue weighted by Crippen LogP contribution is 2.18. The van der Waals surface area contributed by atoms with Crippen molar-refractivity contribution in [2.24, 2.45) is 5.92 Å². The number of carboxylic acid groups (broad SMARTS) is 1. The molecule has 134 valence electrons. The van der Waals surface area contributed by atoms with E-state index >= 15 is 0 Å². The number of carboxylic acids is 1. The van der Waals surface area contributed by atoms with Gasteiger partial charge >= 0.3 is 18.2 Å². The second-order valence-corrected chi connectivity index (χ2v) is 5.14. The van der Waals surface area contributed by atoms with Crippen LogP contribution < -0.4 is 10.6 Å². The van der Waals surface area contributed by atoms with Crippen LogP contribution in [0.2, 0.25) is 0 Å². The predicted molar refractivity (Wildman–Crippen MR) is 76.2 cm³/mol. The number of nitrogens with one attached hydrogen (secondary N) is 2. The predicted octanol–water partition coefficient (Wildman–Crippen LogP) is 0.981. The van der Waals surface area contributed by atoms with Crippen molar-refractivity contribution in [1.29, 1.82) is 0 Å². The van der Waals surface area contributed by atoms with Crippen molar-refractivity contribution in [2.75, 3.05) is 19.6 Å². The van der Waals surface area contributed by atoms with Crippen LogP contribution in [0.25, 0.3) is 0 Å². The number of carbonyl (C=O) groups is 3. The molecule has 0 bridgehead atoms. The molecular weight excluding hydrogens is 343 g/mol. The monoisotopic (exact) mass is 361 g/mol. The Labute approximate surface area is 137 Å². The Morgan fingerprint density at radius 2 is 1.96 bits per heavy atom. The second-order valence-electron chi connectivity index (χ2n) is 5.14. The zero-order valence-corrected chi connectivity index (χ0v) is 13.2. The molecule has 0 aromatic carbocycles. The van der Waals surface area contributed by atoms with E-state index in [-0.39, 0.29) is 19.0 Å². The summed E-state index contributed by atoms with van der Waals surface area (Å²) in [7, 11) is 0. The Morgan fingerprint density at radius 1 is 1.35 bits per heavy atom. The standard InChI is InChI=1S/C12H18F3N3O4.ClH/c1-7(18-4-2-3-8(5-18)10(20)21)9(19)17-11(22)16-6-12(13,14)15;/h7-8H,2-6H2,1H3,(H,20,21)(H2,16,17,19,22);1H. The smallest absolute Gasteiger partial charge is 0.405 e. The number of urea groups is 1. The minimum absolute atomic E-state index is 0. The van der Waals surface area contributed by atoms with Gasteiger partial charge in [-0.3, -0.25) is 19.8 Å². The number of aliphatic carboxylic acids is 1. The van der Waals surface area contributed by atoms with E-state index in [9.17, 15) is 27.6 Å². The SMILES string of the molecule is CC(C(=O)NC(=O)NCC(F)(F)F)N1CCCC(C(=O)O)C1.Cl. The molecule has 7 nitrogen and oxygen atoms in total. The first-order chi connectivity index (χ1) is 10.1. The lowest BCUT2D eigenvalue weighted by atomic mass is 9.97. The number of rotatable bonds is 4. The number of hydrogen-bond donors (Lipinski definition) is 3. The van der Waals surface area contributed by atoms with Crippen LogP contribution in [-0.4, -0.2) is 59.8 Å². The summed E-state index contributed by atoms with van der Waals surface area (Å²) in [6, 6.07) is -2.04. The lowest BCUT2D eigenvalue weighted by molar-refractivity contribution is -0.144. The minimum atomic E-state index is -4.56. The molecule has 23 heavy (non-hydrogen) atoms. The van der Waals surface area contributed by atoms with Gasteiger partial charge in [0.05, 0.1) is 12.0 Å². The first kappa shape index (κ1) is 21.4. The highest BCUT2D eigenvalue weighted by molar-refractivity contribution is 5.96. The zero-order valence-electron chi connectivity index (χ0n) is 12.4. The Bertz CT molecular complexity index is 448. The van der Waals surface area contributed by atoms with Gasteiger partial charge in [0.25, 0.3) is 0 Å². The van der Waals surface area contributed by atoms with Crippen LogP contribution in [0.15, 0.2) is 0 Å². The molecule has 1 fully saturated rings. The quantitative estimate of drug-likeness (QED) is 0.693. The summed E-state index contributed by atoms with van der Waals surface area (Å²) in [5.74, 6) is -2.33. The molecule has 11 heteroatoms. The molecule has 1 aliphatic rings. The van der Waals surface area contributed by atoms with E-state index in [1.54, 1.807) is 4.90 Å². The fourth-order valence-electron chi connectivity index (χ4n) is 2.17. The van der Waals surface area contributed by atoms with Crippen molar-refractivity contribution in [1.82, 2.24) is 15.5 Å². The van der Waals surface area contributed by atoms with Gasteiger partial charge < -0.3 is 10.4 Å². The number of piperidine rings is 1. The Kier molecular flexibility index (Phi) is 8.32. The van der Waals surface area contributed by atoms with Gasteiger partial charge in [-0.05, 0) is 26.3 Å². The molecule has 0 aliphatic carbocycles. The summed E-state index contributed by atoms with van der Waals surface area (Å²) in [6.07, 6.45) is -3.46. The lowest BCUT2D eigenvalue weighted by Crippen LogP contribution is -2.53. The highest BCUT2D eigenvalue weighted by atomic mass is 35.5. The highest BCUT2D eigenvalue weighted by Gasteiger charge is 2.32. The van der Waals surface area contributed by atoms with Gasteiger partial charge in [0.1, 0.15) is 6.54 Å². The molecule has 3 N–H and O–H groups in total. The van der Waals surface area contributed by atoms with Gasteiger partial charge in [0, 0.05) is 6.54 Å². The average Bonchev–Trinajstić information content (AvgIpc) is 2.43. The van der Waals surface area contributed by atoms with Crippen LogP contribution >= 0.6 is 12.4 Å². The molecular formula is C12H19ClF3N3O4. The number of halogens is 4. The van der Waals surface area contributed by atoms with Crippen LogP contribution in [0.1, 0.15) is 19.8 Å². The van der Waals surface area contributed by atoms with Crippen LogP contribution in [0.3, 0.4) is 0 Å². The third-order valence-electron chi connectivity index (χ3n) is 3.42. The maximum atomic E-state index is 11.9. The van der Waals surface area contributed by atoms with Crippen LogP contribution in [0.5, 0.6) is 0 Å². The maximum absolute atomic E-state index is 11.9. The van der Waals surface area contributed by atoms with Crippen molar-refractivity contribution >= 4 is 30.3 Å². The normalized spacial score (nSPS) is 20.1. The number of alkyl halides is 3. The summed E-state index contributed by atoms with van der Waals surface area (Å²) in [4.78, 5) is 35.6. The van der Waals surface area contributed by atoms with Crippen molar-refractivity contribution in [2.45, 2.75) is 32.0 Å². The second kappa shape index (κ2) is 8.92. The molecule has 2 atom stereocenters.